The molecule has 0 aromatic rings. The predicted molar refractivity (Wildman–Crippen MR) is 58.4 cm³/mol. The molecule has 0 saturated carbocycles. The van der Waals surface area contributed by atoms with Crippen LogP contribution in [0.25, 0.3) is 0 Å². The van der Waals surface area contributed by atoms with E-state index in [0.29, 0.717) is 19.3 Å². The molecule has 0 heterocycles. The molecule has 0 aromatic heterocycles. The van der Waals surface area contributed by atoms with Crippen LogP contribution in [-0.2, 0) is 14.3 Å². The lowest BCUT2D eigenvalue weighted by molar-refractivity contribution is -0.147. The van der Waals surface area contributed by atoms with Crippen molar-refractivity contribution in [3.63, 3.8) is 0 Å². The summed E-state index contributed by atoms with van der Waals surface area (Å²) < 4.78 is 4.94. The highest BCUT2D eigenvalue weighted by atomic mass is 16.5. The van der Waals surface area contributed by atoms with Crippen molar-refractivity contribution in [1.29, 1.82) is 0 Å². The van der Waals surface area contributed by atoms with E-state index in [0.717, 1.165) is 0 Å². The molecule has 0 atom stereocenters. The highest BCUT2D eigenvalue weighted by Crippen LogP contribution is 2.00. The molecule has 0 rings (SSSR count). The summed E-state index contributed by atoms with van der Waals surface area (Å²) in [6.45, 7) is 7.43. The number of nitrogens with one attached hydrogen (secondary N) is 1. The zero-order valence-electron chi connectivity index (χ0n) is 10.0. The van der Waals surface area contributed by atoms with Gasteiger partial charge in [0.2, 0.25) is 5.91 Å². The topological polar surface area (TPSA) is 55.4 Å². The third-order valence-electron chi connectivity index (χ3n) is 1.60. The number of ether oxygens (including phenoxy) is 1. The van der Waals surface area contributed by atoms with Gasteiger partial charge in [-0.25, -0.2) is 0 Å². The fourth-order valence-corrected chi connectivity index (χ4v) is 1.11. The molecule has 0 aliphatic rings. The quantitative estimate of drug-likeness (QED) is 0.685. The van der Waals surface area contributed by atoms with E-state index in [1.807, 2.05) is 27.7 Å². The maximum absolute atomic E-state index is 11.2. The molecule has 15 heavy (non-hydrogen) atoms. The molecule has 1 N–H and O–H groups in total. The van der Waals surface area contributed by atoms with Crippen LogP contribution in [0.1, 0.15) is 47.0 Å². The highest BCUT2D eigenvalue weighted by molar-refractivity contribution is 5.77. The van der Waals surface area contributed by atoms with Gasteiger partial charge in [-0.05, 0) is 34.1 Å². The molecule has 0 saturated heterocycles. The Hall–Kier alpha value is -1.06. The SMILES string of the molecule is CC(C)NC(=O)CCCC(=O)OC(C)C. The molecule has 0 aliphatic carbocycles. The van der Waals surface area contributed by atoms with Crippen molar-refractivity contribution in [2.45, 2.75) is 59.1 Å². The zero-order chi connectivity index (χ0) is 11.8. The first-order valence-electron chi connectivity index (χ1n) is 5.40. The van der Waals surface area contributed by atoms with Gasteiger partial charge in [0, 0.05) is 18.9 Å². The molecule has 0 bridgehead atoms. The molecule has 1 amide bonds. The minimum Gasteiger partial charge on any atom is -0.463 e. The molecule has 0 spiro atoms. The van der Waals surface area contributed by atoms with Crippen molar-refractivity contribution in [3.05, 3.63) is 0 Å². The highest BCUT2D eigenvalue weighted by Gasteiger charge is 2.08. The standard InChI is InChI=1S/C11H21NO3/c1-8(2)12-10(13)6-5-7-11(14)15-9(3)4/h8-9H,5-7H2,1-4H3,(H,12,13). The van der Waals surface area contributed by atoms with E-state index in [1.54, 1.807) is 0 Å². The Morgan fingerprint density at radius 3 is 2.20 bits per heavy atom. The first-order chi connectivity index (χ1) is 6.91. The molecule has 4 heteroatoms. The normalized spacial score (nSPS) is 10.5. The Morgan fingerprint density at radius 2 is 1.73 bits per heavy atom. The van der Waals surface area contributed by atoms with Crippen molar-refractivity contribution in [1.82, 2.24) is 5.32 Å². The summed E-state index contributed by atoms with van der Waals surface area (Å²) in [6, 6.07) is 0.153. The van der Waals surface area contributed by atoms with Gasteiger partial charge in [0.05, 0.1) is 6.10 Å². The number of hydrogen-bond donors (Lipinski definition) is 1. The van der Waals surface area contributed by atoms with Gasteiger partial charge in [0.15, 0.2) is 0 Å². The molecule has 0 unspecified atom stereocenters. The smallest absolute Gasteiger partial charge is 0.306 e. The maximum atomic E-state index is 11.2. The average Bonchev–Trinajstić information content (AvgIpc) is 2.00. The van der Waals surface area contributed by atoms with Crippen molar-refractivity contribution in [2.75, 3.05) is 0 Å². The van der Waals surface area contributed by atoms with Crippen LogP contribution in [0.2, 0.25) is 0 Å². The van der Waals surface area contributed by atoms with E-state index in [-0.39, 0.29) is 24.0 Å². The van der Waals surface area contributed by atoms with Gasteiger partial charge in [-0.2, -0.15) is 0 Å². The number of esters is 1. The molecule has 4 nitrogen and oxygen atoms in total. The van der Waals surface area contributed by atoms with E-state index in [1.165, 1.54) is 0 Å². The van der Waals surface area contributed by atoms with Crippen molar-refractivity contribution >= 4 is 11.9 Å². The Balaban J connectivity index is 3.53. The summed E-state index contributed by atoms with van der Waals surface area (Å²) in [5.41, 5.74) is 0. The largest absolute Gasteiger partial charge is 0.463 e. The Kier molecular flexibility index (Phi) is 6.75. The van der Waals surface area contributed by atoms with Crippen LogP contribution in [0, 0.1) is 0 Å². The third-order valence-corrected chi connectivity index (χ3v) is 1.60. The molecule has 0 fully saturated rings. The summed E-state index contributed by atoms with van der Waals surface area (Å²) in [5, 5.41) is 2.77. The van der Waals surface area contributed by atoms with E-state index in [4.69, 9.17) is 4.74 Å². The minimum absolute atomic E-state index is 0.0117. The fraction of sp³-hybridized carbons (Fsp3) is 0.818. The van der Waals surface area contributed by atoms with Crippen LogP contribution >= 0.6 is 0 Å². The lowest BCUT2D eigenvalue weighted by Gasteiger charge is -2.09. The van der Waals surface area contributed by atoms with Crippen molar-refractivity contribution < 1.29 is 14.3 Å². The number of amides is 1. The molecule has 0 aromatic carbocycles. The lowest BCUT2D eigenvalue weighted by atomic mass is 10.2. The fourth-order valence-electron chi connectivity index (χ4n) is 1.11. The van der Waals surface area contributed by atoms with Crippen LogP contribution in [0.3, 0.4) is 0 Å². The first-order valence-corrected chi connectivity index (χ1v) is 5.40. The number of rotatable bonds is 6. The van der Waals surface area contributed by atoms with Gasteiger partial charge in [0.1, 0.15) is 0 Å². The monoisotopic (exact) mass is 215 g/mol. The third kappa shape index (κ3) is 9.25. The Labute approximate surface area is 91.4 Å². The van der Waals surface area contributed by atoms with Crippen LogP contribution in [0.15, 0.2) is 0 Å². The molecule has 0 radical (unpaired) electrons. The van der Waals surface area contributed by atoms with Gasteiger partial charge < -0.3 is 10.1 Å². The van der Waals surface area contributed by atoms with Gasteiger partial charge >= 0.3 is 5.97 Å². The second-order valence-corrected chi connectivity index (χ2v) is 4.11. The molecule has 88 valence electrons. The minimum atomic E-state index is -0.234. The molecule has 0 aliphatic heterocycles. The summed E-state index contributed by atoms with van der Waals surface area (Å²) in [7, 11) is 0. The van der Waals surface area contributed by atoms with Gasteiger partial charge in [-0.15, -0.1) is 0 Å². The van der Waals surface area contributed by atoms with E-state index < -0.39 is 0 Å². The van der Waals surface area contributed by atoms with Gasteiger partial charge in [0.25, 0.3) is 0 Å². The zero-order valence-corrected chi connectivity index (χ0v) is 10.0. The van der Waals surface area contributed by atoms with Gasteiger partial charge in [-0.3, -0.25) is 9.59 Å². The van der Waals surface area contributed by atoms with Crippen molar-refractivity contribution in [3.8, 4) is 0 Å². The molecular weight excluding hydrogens is 194 g/mol. The second kappa shape index (κ2) is 7.26. The summed E-state index contributed by atoms with van der Waals surface area (Å²) in [5.74, 6) is -0.246. The summed E-state index contributed by atoms with van der Waals surface area (Å²) in [6.07, 6.45) is 1.15. The Bertz CT molecular complexity index is 190. The lowest BCUT2D eigenvalue weighted by Crippen LogP contribution is -2.29. The second-order valence-electron chi connectivity index (χ2n) is 4.11. The van der Waals surface area contributed by atoms with Crippen LogP contribution < -0.4 is 5.32 Å². The van der Waals surface area contributed by atoms with Crippen molar-refractivity contribution in [2.24, 2.45) is 0 Å². The van der Waals surface area contributed by atoms with E-state index >= 15 is 0 Å². The first kappa shape index (κ1) is 13.9. The van der Waals surface area contributed by atoms with E-state index in [9.17, 15) is 9.59 Å². The van der Waals surface area contributed by atoms with Gasteiger partial charge in [-0.1, -0.05) is 0 Å². The average molecular weight is 215 g/mol. The maximum Gasteiger partial charge on any atom is 0.306 e. The van der Waals surface area contributed by atoms with Crippen LogP contribution in [-0.4, -0.2) is 24.0 Å². The molecular formula is C11H21NO3. The number of carbonyl (C=O) groups is 2. The predicted octanol–water partition coefficient (Wildman–Crippen LogP) is 1.63. The van der Waals surface area contributed by atoms with E-state index in [2.05, 4.69) is 5.32 Å². The summed E-state index contributed by atoms with van der Waals surface area (Å²) in [4.78, 5) is 22.3. The van der Waals surface area contributed by atoms with Crippen LogP contribution in [0.4, 0.5) is 0 Å². The number of carbonyl (C=O) groups excluding carboxylic acids is 2. The Morgan fingerprint density at radius 1 is 1.13 bits per heavy atom. The summed E-state index contributed by atoms with van der Waals surface area (Å²) >= 11 is 0. The van der Waals surface area contributed by atoms with Crippen LogP contribution in [0.5, 0.6) is 0 Å². The number of hydrogen-bond acceptors (Lipinski definition) is 3.